The Balaban J connectivity index is 2.14. The molecule has 1 aliphatic carbocycles. The minimum atomic E-state index is -2.88. The Kier molecular flexibility index (Phi) is 4.98. The first-order valence-corrected chi connectivity index (χ1v) is 11.0. The molecule has 0 aliphatic heterocycles. The molecule has 1 aliphatic rings. The fourth-order valence-electron chi connectivity index (χ4n) is 3.65. The first-order valence-electron chi connectivity index (χ1n) is 9.18. The number of phenolic OH excluding ortho intramolecular Hbond substituents is 3. The van der Waals surface area contributed by atoms with Crippen molar-refractivity contribution in [3.8, 4) is 17.2 Å². The largest absolute Gasteiger partial charge is 0.508 e. The van der Waals surface area contributed by atoms with Crippen molar-refractivity contribution in [1.82, 2.24) is 0 Å². The van der Waals surface area contributed by atoms with E-state index in [0.717, 1.165) is 15.9 Å². The second-order valence-corrected chi connectivity index (χ2v) is 10.2. The number of ketones is 2. The third-order valence-corrected chi connectivity index (χ3v) is 9.29. The van der Waals surface area contributed by atoms with Gasteiger partial charge in [0.2, 0.25) is 5.78 Å². The zero-order valence-electron chi connectivity index (χ0n) is 15.8. The third kappa shape index (κ3) is 3.30. The molecule has 148 valence electrons. The maximum Gasteiger partial charge on any atom is 0.222 e. The molecule has 3 N–H and O–H groups in total. The molecule has 3 aromatic rings. The molecule has 3 aromatic carbocycles. The van der Waals surface area contributed by atoms with E-state index in [9.17, 15) is 24.9 Å². The van der Waals surface area contributed by atoms with Crippen molar-refractivity contribution in [1.29, 1.82) is 0 Å². The number of benzene rings is 3. The van der Waals surface area contributed by atoms with Crippen LogP contribution in [0.2, 0.25) is 0 Å². The quantitative estimate of drug-likeness (QED) is 0.448. The second kappa shape index (κ2) is 7.62. The van der Waals surface area contributed by atoms with Crippen LogP contribution >= 0.6 is 7.26 Å². The predicted molar refractivity (Wildman–Crippen MR) is 117 cm³/mol. The number of hydrogen-bond acceptors (Lipinski definition) is 5. The fraction of sp³-hybridized carbons (Fsp3) is 0. The predicted octanol–water partition coefficient (Wildman–Crippen LogP) is 2.69. The van der Waals surface area contributed by atoms with Crippen molar-refractivity contribution in [2.24, 2.45) is 0 Å². The summed E-state index contributed by atoms with van der Waals surface area (Å²) >= 11 is 0. The van der Waals surface area contributed by atoms with E-state index in [2.05, 4.69) is 0 Å². The van der Waals surface area contributed by atoms with Gasteiger partial charge in [-0.2, -0.15) is 0 Å². The molecule has 30 heavy (non-hydrogen) atoms. The van der Waals surface area contributed by atoms with Gasteiger partial charge in [0.25, 0.3) is 0 Å². The minimum absolute atomic E-state index is 0.0770. The van der Waals surface area contributed by atoms with Crippen molar-refractivity contribution in [2.45, 2.75) is 0 Å². The highest BCUT2D eigenvalue weighted by Crippen LogP contribution is 2.63. The molecule has 0 aromatic heterocycles. The lowest BCUT2D eigenvalue weighted by molar-refractivity contribution is -0.114. The second-order valence-electron chi connectivity index (χ2n) is 6.85. The highest BCUT2D eigenvalue weighted by atomic mass is 31.2. The molecule has 0 saturated carbocycles. The van der Waals surface area contributed by atoms with Crippen LogP contribution < -0.4 is 15.9 Å². The summed E-state index contributed by atoms with van der Waals surface area (Å²) in [5, 5.41) is 32.1. The Bertz CT molecular complexity index is 1060. The molecular formula is C24H18O5P+. The molecule has 0 atom stereocenters. The van der Waals surface area contributed by atoms with Gasteiger partial charge < -0.3 is 15.3 Å². The molecule has 0 heterocycles. The summed E-state index contributed by atoms with van der Waals surface area (Å²) < 4.78 is 0. The van der Waals surface area contributed by atoms with E-state index in [-0.39, 0.29) is 28.8 Å². The van der Waals surface area contributed by atoms with E-state index in [1.165, 1.54) is 54.6 Å². The number of carbonyl (C=O) groups is 2. The van der Waals surface area contributed by atoms with Crippen molar-refractivity contribution in [3.05, 3.63) is 96.3 Å². The van der Waals surface area contributed by atoms with Gasteiger partial charge in [-0.25, -0.2) is 0 Å². The topological polar surface area (TPSA) is 94.8 Å². The maximum atomic E-state index is 13.1. The molecule has 0 saturated heterocycles. The van der Waals surface area contributed by atoms with Crippen LogP contribution in [0.15, 0.2) is 96.3 Å². The van der Waals surface area contributed by atoms with Gasteiger partial charge in [0.15, 0.2) is 11.1 Å². The summed E-state index contributed by atoms with van der Waals surface area (Å²) in [7, 11) is -2.88. The van der Waals surface area contributed by atoms with E-state index in [4.69, 9.17) is 0 Å². The molecule has 0 radical (unpaired) electrons. The Hall–Kier alpha value is -3.69. The molecule has 0 unspecified atom stereocenters. The van der Waals surface area contributed by atoms with E-state index in [0.29, 0.717) is 5.31 Å². The zero-order chi connectivity index (χ0) is 21.3. The van der Waals surface area contributed by atoms with Crippen molar-refractivity contribution in [2.75, 3.05) is 0 Å². The van der Waals surface area contributed by atoms with Crippen LogP contribution in [0.4, 0.5) is 0 Å². The van der Waals surface area contributed by atoms with Crippen molar-refractivity contribution < 1.29 is 24.9 Å². The van der Waals surface area contributed by atoms with Gasteiger partial charge in [-0.3, -0.25) is 9.59 Å². The number of phenols is 3. The van der Waals surface area contributed by atoms with E-state index in [1.807, 2.05) is 0 Å². The molecule has 0 spiro atoms. The van der Waals surface area contributed by atoms with E-state index in [1.54, 1.807) is 36.4 Å². The Morgan fingerprint density at radius 1 is 0.533 bits per heavy atom. The summed E-state index contributed by atoms with van der Waals surface area (Å²) in [5.74, 6) is -0.336. The summed E-state index contributed by atoms with van der Waals surface area (Å²) in [5.41, 5.74) is 0. The standard InChI is InChI=1S/C24H17O5P/c25-16-1-8-20(9-2-16)30(21-10-3-17(26)4-11-21,22-12-5-18(27)6-13-22)24-15-19(28)7-14-23(24)29/h1-15H,(H2-,25,26,27)/p+1. The molecule has 0 fully saturated rings. The van der Waals surface area contributed by atoms with Gasteiger partial charge in [0.05, 0.1) is 0 Å². The number of carbonyl (C=O) groups excluding carboxylic acids is 2. The number of hydrogen-bond donors (Lipinski definition) is 3. The normalized spacial score (nSPS) is 13.9. The maximum absolute atomic E-state index is 13.1. The van der Waals surface area contributed by atoms with Crippen LogP contribution in [0.5, 0.6) is 17.2 Å². The van der Waals surface area contributed by atoms with Crippen LogP contribution in [-0.2, 0) is 9.59 Å². The molecule has 5 nitrogen and oxygen atoms in total. The summed E-state index contributed by atoms with van der Waals surface area (Å²) in [6.07, 6.45) is 3.88. The van der Waals surface area contributed by atoms with Crippen molar-refractivity contribution >= 4 is 34.7 Å². The molecular weight excluding hydrogens is 399 g/mol. The smallest absolute Gasteiger partial charge is 0.222 e. The average molecular weight is 417 g/mol. The van der Waals surface area contributed by atoms with Crippen molar-refractivity contribution in [3.63, 3.8) is 0 Å². The van der Waals surface area contributed by atoms with E-state index >= 15 is 0 Å². The molecule has 4 rings (SSSR count). The van der Waals surface area contributed by atoms with Gasteiger partial charge in [0.1, 0.15) is 40.4 Å². The van der Waals surface area contributed by atoms with E-state index < -0.39 is 7.26 Å². The minimum Gasteiger partial charge on any atom is -0.508 e. The summed E-state index contributed by atoms with van der Waals surface area (Å²) in [6.45, 7) is 0. The van der Waals surface area contributed by atoms with Crippen LogP contribution in [0.1, 0.15) is 0 Å². The van der Waals surface area contributed by atoms with Crippen LogP contribution in [-0.4, -0.2) is 26.9 Å². The number of rotatable bonds is 4. The van der Waals surface area contributed by atoms with Gasteiger partial charge >= 0.3 is 0 Å². The average Bonchev–Trinajstić information content (AvgIpc) is 2.74. The lowest BCUT2D eigenvalue weighted by atomic mass is 10.2. The van der Waals surface area contributed by atoms with Gasteiger partial charge in [-0.05, 0) is 84.9 Å². The van der Waals surface area contributed by atoms with Crippen LogP contribution in [0.3, 0.4) is 0 Å². The highest BCUT2D eigenvalue weighted by Gasteiger charge is 2.52. The third-order valence-electron chi connectivity index (χ3n) is 5.00. The lowest BCUT2D eigenvalue weighted by Gasteiger charge is -2.29. The molecule has 0 bridgehead atoms. The van der Waals surface area contributed by atoms with Gasteiger partial charge in [-0.15, -0.1) is 0 Å². The lowest BCUT2D eigenvalue weighted by Crippen LogP contribution is -2.35. The Morgan fingerprint density at radius 3 is 1.27 bits per heavy atom. The Labute approximate surface area is 173 Å². The first-order chi connectivity index (χ1) is 14.4. The van der Waals surface area contributed by atoms with Crippen LogP contribution in [0, 0.1) is 0 Å². The van der Waals surface area contributed by atoms with Gasteiger partial charge in [-0.1, -0.05) is 0 Å². The fourth-order valence-corrected chi connectivity index (χ4v) is 7.90. The summed E-state index contributed by atoms with van der Waals surface area (Å²) in [4.78, 5) is 25.4. The number of allylic oxidation sites excluding steroid dienone is 4. The number of aromatic hydroxyl groups is 3. The highest BCUT2D eigenvalue weighted by molar-refractivity contribution is 7.99. The first kappa shape index (κ1) is 19.6. The van der Waals surface area contributed by atoms with Gasteiger partial charge in [0, 0.05) is 6.08 Å². The molecule has 6 heteroatoms. The zero-order valence-corrected chi connectivity index (χ0v) is 16.7. The SMILES string of the molecule is O=C1C=CC(=O)C([P+](c2ccc(O)cc2)(c2ccc(O)cc2)c2ccc(O)cc2)=C1. The monoisotopic (exact) mass is 417 g/mol. The Morgan fingerprint density at radius 2 is 0.900 bits per heavy atom. The molecule has 0 amide bonds. The van der Waals surface area contributed by atoms with Crippen LogP contribution in [0.25, 0.3) is 0 Å². The summed E-state index contributed by atoms with van der Waals surface area (Å²) in [6, 6.07) is 19.6.